The maximum absolute atomic E-state index is 13.2. The van der Waals surface area contributed by atoms with Crippen LogP contribution in [0.2, 0.25) is 0 Å². The van der Waals surface area contributed by atoms with Gasteiger partial charge in [0, 0.05) is 30.8 Å². The van der Waals surface area contributed by atoms with Crippen molar-refractivity contribution in [1.29, 1.82) is 0 Å². The quantitative estimate of drug-likeness (QED) is 0.366. The second-order valence-corrected chi connectivity index (χ2v) is 6.95. The molecule has 0 radical (unpaired) electrons. The first-order valence-corrected chi connectivity index (χ1v) is 8.67. The number of aliphatic hydroxyl groups excluding tert-OH is 1. The van der Waals surface area contributed by atoms with Crippen molar-refractivity contribution in [3.8, 4) is 0 Å². The summed E-state index contributed by atoms with van der Waals surface area (Å²) in [6.45, 7) is 1.42. The number of nitrogens with two attached hydrogens (primary N) is 1. The van der Waals surface area contributed by atoms with Gasteiger partial charge in [0.1, 0.15) is 13.2 Å². The number of piperazine rings is 1. The first kappa shape index (κ1) is 18.0. The first-order chi connectivity index (χ1) is 12.9. The molecule has 4 N–H and O–H groups in total. The Hall–Kier alpha value is -2.43. The highest BCUT2D eigenvalue weighted by molar-refractivity contribution is 6.25. The Bertz CT molecular complexity index is 804. The van der Waals surface area contributed by atoms with Gasteiger partial charge in [-0.25, -0.2) is 4.79 Å². The number of hydrogen-bond acceptors (Lipinski definition) is 9. The number of rotatable bonds is 6. The second-order valence-electron chi connectivity index (χ2n) is 6.95. The van der Waals surface area contributed by atoms with Crippen molar-refractivity contribution in [2.45, 2.75) is 24.7 Å². The van der Waals surface area contributed by atoms with Crippen molar-refractivity contribution in [3.63, 3.8) is 0 Å². The SMILES string of the molecule is COC12C(COC(N)=O)C3=C(C(=O)C(C)=C(OCCO)C3=O)N1C[C@@H]1NC12. The van der Waals surface area contributed by atoms with E-state index >= 15 is 0 Å². The van der Waals surface area contributed by atoms with Gasteiger partial charge in [0.25, 0.3) is 0 Å². The largest absolute Gasteiger partial charge is 0.487 e. The molecule has 2 saturated heterocycles. The molecule has 1 amide bonds. The first-order valence-electron chi connectivity index (χ1n) is 8.67. The molecule has 2 fully saturated rings. The zero-order chi connectivity index (χ0) is 19.5. The summed E-state index contributed by atoms with van der Waals surface area (Å²) in [5, 5.41) is 12.3. The number of amides is 1. The summed E-state index contributed by atoms with van der Waals surface area (Å²) in [4.78, 5) is 39.3. The van der Waals surface area contributed by atoms with E-state index in [0.29, 0.717) is 6.54 Å². The summed E-state index contributed by atoms with van der Waals surface area (Å²) in [5.74, 6) is -1.59. The average molecular weight is 379 g/mol. The molecule has 146 valence electrons. The van der Waals surface area contributed by atoms with Gasteiger partial charge in [0.2, 0.25) is 11.6 Å². The Kier molecular flexibility index (Phi) is 4.02. The minimum atomic E-state index is -1.01. The van der Waals surface area contributed by atoms with Gasteiger partial charge < -0.3 is 35.3 Å². The number of nitrogens with one attached hydrogen (secondary N) is 1. The number of carbonyl (C=O) groups excluding carboxylic acids is 3. The summed E-state index contributed by atoms with van der Waals surface area (Å²) in [7, 11) is 1.50. The van der Waals surface area contributed by atoms with Crippen LogP contribution in [-0.2, 0) is 23.8 Å². The Labute approximate surface area is 154 Å². The van der Waals surface area contributed by atoms with Crippen molar-refractivity contribution in [1.82, 2.24) is 10.2 Å². The van der Waals surface area contributed by atoms with Gasteiger partial charge in [-0.1, -0.05) is 0 Å². The van der Waals surface area contributed by atoms with E-state index in [4.69, 9.17) is 25.1 Å². The van der Waals surface area contributed by atoms with Crippen molar-refractivity contribution in [2.24, 2.45) is 11.7 Å². The molecule has 0 saturated carbocycles. The molecule has 4 atom stereocenters. The normalized spacial score (nSPS) is 33.9. The maximum atomic E-state index is 13.2. The Morgan fingerprint density at radius 1 is 1.41 bits per heavy atom. The predicted molar refractivity (Wildman–Crippen MR) is 89.0 cm³/mol. The summed E-state index contributed by atoms with van der Waals surface area (Å²) in [6, 6.07) is 0.0339. The standard InChI is InChI=1S/C17H21N3O7/c1-7-12(22)11-10(13(23)14(7)26-4-3-21)8(6-27-16(18)24)17(25-2)15-9(19-15)5-20(11)17/h8-9,15,19,21H,3-6H2,1-2H3,(H2,18,24)/t8?,9-,15?,17?/m0/s1. The number of ether oxygens (including phenoxy) is 3. The highest BCUT2D eigenvalue weighted by atomic mass is 16.6. The number of hydrogen-bond donors (Lipinski definition) is 3. The van der Waals surface area contributed by atoms with E-state index in [1.165, 1.54) is 14.0 Å². The van der Waals surface area contributed by atoms with Gasteiger partial charge in [0.15, 0.2) is 11.5 Å². The van der Waals surface area contributed by atoms with Crippen molar-refractivity contribution in [2.75, 3.05) is 33.5 Å². The Balaban J connectivity index is 1.79. The minimum absolute atomic E-state index is 0.0930. The molecular formula is C17H21N3O7. The number of aliphatic hydroxyl groups is 1. The van der Waals surface area contributed by atoms with E-state index in [0.717, 1.165) is 0 Å². The monoisotopic (exact) mass is 379 g/mol. The molecule has 0 aromatic rings. The average Bonchev–Trinajstić information content (AvgIpc) is 3.24. The molecule has 3 aliphatic heterocycles. The highest BCUT2D eigenvalue weighted by Gasteiger charge is 2.72. The zero-order valence-corrected chi connectivity index (χ0v) is 15.0. The molecule has 10 nitrogen and oxygen atoms in total. The van der Waals surface area contributed by atoms with E-state index < -0.39 is 23.5 Å². The number of ketones is 2. The van der Waals surface area contributed by atoms with Crippen LogP contribution in [-0.4, -0.2) is 79.0 Å². The van der Waals surface area contributed by atoms with E-state index in [-0.39, 0.29) is 60.3 Å². The number of carbonyl (C=O) groups is 3. The number of nitrogens with zero attached hydrogens (tertiary/aromatic N) is 1. The topological polar surface area (TPSA) is 150 Å². The molecule has 1 aliphatic carbocycles. The Morgan fingerprint density at radius 3 is 2.78 bits per heavy atom. The van der Waals surface area contributed by atoms with Crippen LogP contribution in [0.1, 0.15) is 6.92 Å². The molecule has 0 aromatic carbocycles. The summed E-state index contributed by atoms with van der Waals surface area (Å²) in [5.41, 5.74) is 4.76. The lowest BCUT2D eigenvalue weighted by atomic mass is 9.83. The Morgan fingerprint density at radius 2 is 2.15 bits per heavy atom. The van der Waals surface area contributed by atoms with E-state index in [1.807, 2.05) is 0 Å². The van der Waals surface area contributed by atoms with Crippen LogP contribution in [0.4, 0.5) is 4.79 Å². The number of fused-ring (bicyclic) bond motifs is 4. The molecule has 0 aromatic heterocycles. The van der Waals surface area contributed by atoms with Crippen LogP contribution >= 0.6 is 0 Å². The molecule has 3 heterocycles. The van der Waals surface area contributed by atoms with Crippen LogP contribution in [0.15, 0.2) is 22.6 Å². The maximum Gasteiger partial charge on any atom is 0.404 e. The van der Waals surface area contributed by atoms with E-state index in [2.05, 4.69) is 5.32 Å². The van der Waals surface area contributed by atoms with Crippen molar-refractivity contribution >= 4 is 17.7 Å². The molecule has 4 aliphatic rings. The van der Waals surface area contributed by atoms with Gasteiger partial charge in [-0.05, 0) is 6.92 Å². The highest BCUT2D eigenvalue weighted by Crippen LogP contribution is 2.55. The van der Waals surface area contributed by atoms with Crippen molar-refractivity contribution < 1.29 is 33.7 Å². The van der Waals surface area contributed by atoms with Gasteiger partial charge in [0.05, 0.1) is 24.3 Å². The third-order valence-electron chi connectivity index (χ3n) is 5.71. The van der Waals surface area contributed by atoms with Gasteiger partial charge >= 0.3 is 6.09 Å². The third-order valence-corrected chi connectivity index (χ3v) is 5.71. The summed E-state index contributed by atoms with van der Waals surface area (Å²) in [6.07, 6.45) is -0.974. The van der Waals surface area contributed by atoms with Crippen LogP contribution in [0.3, 0.4) is 0 Å². The lowest BCUT2D eigenvalue weighted by molar-refractivity contribution is -0.137. The lowest BCUT2D eigenvalue weighted by Gasteiger charge is -2.39. The minimum Gasteiger partial charge on any atom is -0.487 e. The number of allylic oxidation sites excluding steroid dienone is 2. The molecule has 3 unspecified atom stereocenters. The fourth-order valence-corrected chi connectivity index (χ4v) is 4.59. The van der Waals surface area contributed by atoms with Crippen LogP contribution in [0.25, 0.3) is 0 Å². The molecule has 10 heteroatoms. The van der Waals surface area contributed by atoms with Gasteiger partial charge in [-0.2, -0.15) is 0 Å². The fourth-order valence-electron chi connectivity index (χ4n) is 4.59. The van der Waals surface area contributed by atoms with Crippen molar-refractivity contribution in [3.05, 3.63) is 22.6 Å². The zero-order valence-electron chi connectivity index (χ0n) is 15.0. The second kappa shape index (κ2) is 6.04. The molecule has 4 rings (SSSR count). The third kappa shape index (κ3) is 2.27. The van der Waals surface area contributed by atoms with Crippen LogP contribution in [0.5, 0.6) is 0 Å². The molecular weight excluding hydrogens is 358 g/mol. The molecule has 0 spiro atoms. The van der Waals surface area contributed by atoms with E-state index in [9.17, 15) is 14.4 Å². The summed E-state index contributed by atoms with van der Waals surface area (Å²) >= 11 is 0. The number of Topliss-reactive ketones (excluding diaryl/α,β-unsaturated/α-hetero) is 2. The molecule has 0 bridgehead atoms. The summed E-state index contributed by atoms with van der Waals surface area (Å²) < 4.78 is 16.2. The number of methoxy groups -OCH3 is 1. The van der Waals surface area contributed by atoms with Crippen LogP contribution in [0, 0.1) is 5.92 Å². The number of primary amides is 1. The van der Waals surface area contributed by atoms with Crippen LogP contribution < -0.4 is 11.1 Å². The smallest absolute Gasteiger partial charge is 0.404 e. The predicted octanol–water partition coefficient (Wildman–Crippen LogP) is -1.60. The van der Waals surface area contributed by atoms with Gasteiger partial charge in [-0.15, -0.1) is 0 Å². The van der Waals surface area contributed by atoms with Gasteiger partial charge in [-0.3, -0.25) is 9.59 Å². The lowest BCUT2D eigenvalue weighted by Crippen LogP contribution is -2.55. The molecule has 27 heavy (non-hydrogen) atoms. The van der Waals surface area contributed by atoms with E-state index in [1.54, 1.807) is 4.90 Å². The fraction of sp³-hybridized carbons (Fsp3) is 0.588.